The molecule has 0 fully saturated rings. The van der Waals surface area contributed by atoms with Gasteiger partial charge in [-0.1, -0.05) is 61.3 Å². The summed E-state index contributed by atoms with van der Waals surface area (Å²) in [5, 5.41) is 3.07. The summed E-state index contributed by atoms with van der Waals surface area (Å²) in [5.41, 5.74) is 1.34. The molecule has 0 unspecified atom stereocenters. The van der Waals surface area contributed by atoms with Gasteiger partial charge in [-0.2, -0.15) is 0 Å². The fourth-order valence-corrected chi connectivity index (χ4v) is 2.55. The van der Waals surface area contributed by atoms with E-state index in [1.807, 2.05) is 32.0 Å². The highest BCUT2D eigenvalue weighted by atomic mass is 35.5. The van der Waals surface area contributed by atoms with Crippen LogP contribution in [-0.4, -0.2) is 25.1 Å². The maximum Gasteiger partial charge on any atom is 0.344 e. The molecule has 138 valence electrons. The molecule has 1 amide bonds. The monoisotopic (exact) mass is 395 g/mol. The smallest absolute Gasteiger partial charge is 0.344 e. The zero-order valence-corrected chi connectivity index (χ0v) is 15.9. The molecule has 0 radical (unpaired) electrons. The minimum absolute atomic E-state index is 0.225. The van der Waals surface area contributed by atoms with Crippen molar-refractivity contribution in [1.29, 1.82) is 0 Å². The van der Waals surface area contributed by atoms with Crippen LogP contribution in [0, 0.1) is 0 Å². The Morgan fingerprint density at radius 1 is 1.04 bits per heavy atom. The molecule has 1 N–H and O–H groups in total. The van der Waals surface area contributed by atoms with Crippen LogP contribution >= 0.6 is 23.2 Å². The summed E-state index contributed by atoms with van der Waals surface area (Å²) in [6.45, 7) is 3.34. The van der Waals surface area contributed by atoms with Crippen LogP contribution in [0.4, 0.5) is 5.69 Å². The van der Waals surface area contributed by atoms with Gasteiger partial charge in [0.15, 0.2) is 13.2 Å². The minimum Gasteiger partial charge on any atom is -0.482 e. The van der Waals surface area contributed by atoms with E-state index in [1.165, 1.54) is 0 Å². The quantitative estimate of drug-likeness (QED) is 0.691. The second-order valence-electron chi connectivity index (χ2n) is 5.79. The van der Waals surface area contributed by atoms with Gasteiger partial charge in [-0.25, -0.2) is 4.79 Å². The molecule has 0 aliphatic heterocycles. The van der Waals surface area contributed by atoms with Crippen molar-refractivity contribution < 1.29 is 19.1 Å². The normalized spacial score (nSPS) is 10.5. The van der Waals surface area contributed by atoms with Crippen molar-refractivity contribution >= 4 is 40.8 Å². The molecule has 0 saturated carbocycles. The Bertz CT molecular complexity index is 793. The second-order valence-corrected chi connectivity index (χ2v) is 6.58. The fourth-order valence-electron chi connectivity index (χ4n) is 2.20. The number of benzene rings is 2. The van der Waals surface area contributed by atoms with E-state index in [-0.39, 0.29) is 17.5 Å². The predicted molar refractivity (Wildman–Crippen MR) is 102 cm³/mol. The van der Waals surface area contributed by atoms with E-state index in [0.29, 0.717) is 16.5 Å². The number of esters is 1. The number of halogens is 2. The van der Waals surface area contributed by atoms with E-state index in [0.717, 1.165) is 5.56 Å². The molecule has 0 bridgehead atoms. The molecule has 0 aromatic heterocycles. The van der Waals surface area contributed by atoms with Gasteiger partial charge in [-0.3, -0.25) is 4.79 Å². The Morgan fingerprint density at radius 2 is 1.77 bits per heavy atom. The number of ether oxygens (including phenoxy) is 2. The zero-order valence-electron chi connectivity index (χ0n) is 14.4. The van der Waals surface area contributed by atoms with Crippen LogP contribution in [0.15, 0.2) is 42.5 Å². The van der Waals surface area contributed by atoms with Crippen molar-refractivity contribution in [2.45, 2.75) is 19.8 Å². The van der Waals surface area contributed by atoms with E-state index in [1.54, 1.807) is 24.3 Å². The van der Waals surface area contributed by atoms with Gasteiger partial charge in [0.05, 0.1) is 15.7 Å². The predicted octanol–water partition coefficient (Wildman–Crippen LogP) is 4.68. The molecule has 2 aromatic rings. The molecule has 5 nitrogen and oxygen atoms in total. The van der Waals surface area contributed by atoms with Gasteiger partial charge in [0.25, 0.3) is 5.91 Å². The molecule has 0 heterocycles. The Morgan fingerprint density at radius 3 is 2.50 bits per heavy atom. The van der Waals surface area contributed by atoms with Crippen LogP contribution in [0.2, 0.25) is 10.0 Å². The lowest BCUT2D eigenvalue weighted by molar-refractivity contribution is -0.149. The lowest BCUT2D eigenvalue weighted by Gasteiger charge is -2.13. The number of carbonyl (C=O) groups is 2. The molecule has 0 aliphatic rings. The minimum atomic E-state index is -0.643. The molecule has 26 heavy (non-hydrogen) atoms. The standard InChI is InChI=1S/C19H19Cl2NO4/c1-12(2)13-6-3-4-9-16(13)25-11-18(24)26-10-17(23)22-15-8-5-7-14(20)19(15)21/h3-9,12H,10-11H2,1-2H3,(H,22,23). The Labute approximate surface area is 162 Å². The van der Waals surface area contributed by atoms with Gasteiger partial charge in [0, 0.05) is 0 Å². The number of anilines is 1. The molecule has 0 aliphatic carbocycles. The first-order chi connectivity index (χ1) is 12.4. The summed E-state index contributed by atoms with van der Waals surface area (Å²) in [6, 6.07) is 12.3. The van der Waals surface area contributed by atoms with E-state index in [2.05, 4.69) is 5.32 Å². The van der Waals surface area contributed by atoms with E-state index in [4.69, 9.17) is 32.7 Å². The lowest BCUT2D eigenvalue weighted by Crippen LogP contribution is -2.24. The van der Waals surface area contributed by atoms with Gasteiger partial charge >= 0.3 is 5.97 Å². The summed E-state index contributed by atoms with van der Waals surface area (Å²) in [5.74, 6) is -0.286. The number of carbonyl (C=O) groups excluding carboxylic acids is 2. The average Bonchev–Trinajstić information content (AvgIpc) is 2.62. The van der Waals surface area contributed by atoms with Crippen molar-refractivity contribution in [2.24, 2.45) is 0 Å². The van der Waals surface area contributed by atoms with Crippen LogP contribution in [0.3, 0.4) is 0 Å². The van der Waals surface area contributed by atoms with Crippen LogP contribution in [0.5, 0.6) is 5.75 Å². The van der Waals surface area contributed by atoms with Crippen molar-refractivity contribution in [3.8, 4) is 5.75 Å². The van der Waals surface area contributed by atoms with Crippen molar-refractivity contribution in [2.75, 3.05) is 18.5 Å². The van der Waals surface area contributed by atoms with Crippen LogP contribution in [0.1, 0.15) is 25.3 Å². The highest BCUT2D eigenvalue weighted by Gasteiger charge is 2.13. The Balaban J connectivity index is 1.82. The molecule has 0 spiro atoms. The van der Waals surface area contributed by atoms with Gasteiger partial charge < -0.3 is 14.8 Å². The highest BCUT2D eigenvalue weighted by molar-refractivity contribution is 6.44. The van der Waals surface area contributed by atoms with Crippen LogP contribution in [-0.2, 0) is 14.3 Å². The van der Waals surface area contributed by atoms with Crippen molar-refractivity contribution in [1.82, 2.24) is 0 Å². The van der Waals surface area contributed by atoms with Gasteiger partial charge in [0.1, 0.15) is 5.75 Å². The Kier molecular flexibility index (Phi) is 7.30. The maximum absolute atomic E-state index is 11.9. The topological polar surface area (TPSA) is 64.6 Å². The van der Waals surface area contributed by atoms with Crippen LogP contribution < -0.4 is 10.1 Å². The number of amides is 1. The zero-order chi connectivity index (χ0) is 19.1. The number of hydrogen-bond acceptors (Lipinski definition) is 4. The third-order valence-corrected chi connectivity index (χ3v) is 4.30. The first-order valence-electron chi connectivity index (χ1n) is 7.99. The van der Waals surface area contributed by atoms with Gasteiger partial charge in [-0.05, 0) is 29.7 Å². The molecule has 7 heteroatoms. The molecule has 0 atom stereocenters. The van der Waals surface area contributed by atoms with E-state index < -0.39 is 18.5 Å². The lowest BCUT2D eigenvalue weighted by atomic mass is 10.0. The van der Waals surface area contributed by atoms with Gasteiger partial charge in [-0.15, -0.1) is 0 Å². The summed E-state index contributed by atoms with van der Waals surface area (Å²) in [7, 11) is 0. The first kappa shape index (κ1) is 20.1. The van der Waals surface area contributed by atoms with Crippen molar-refractivity contribution in [3.05, 3.63) is 58.1 Å². The van der Waals surface area contributed by atoms with E-state index in [9.17, 15) is 9.59 Å². The summed E-state index contributed by atoms with van der Waals surface area (Å²) in [4.78, 5) is 23.7. The van der Waals surface area contributed by atoms with Crippen LogP contribution in [0.25, 0.3) is 0 Å². The maximum atomic E-state index is 11.9. The molecule has 2 aromatic carbocycles. The molecular weight excluding hydrogens is 377 g/mol. The first-order valence-corrected chi connectivity index (χ1v) is 8.75. The number of rotatable bonds is 7. The Hall–Kier alpha value is -2.24. The summed E-state index contributed by atoms with van der Waals surface area (Å²) < 4.78 is 10.4. The average molecular weight is 396 g/mol. The third-order valence-electron chi connectivity index (χ3n) is 3.48. The summed E-state index contributed by atoms with van der Waals surface area (Å²) in [6.07, 6.45) is 0. The number of hydrogen-bond donors (Lipinski definition) is 1. The highest BCUT2D eigenvalue weighted by Crippen LogP contribution is 2.29. The fraction of sp³-hybridized carbons (Fsp3) is 0.263. The largest absolute Gasteiger partial charge is 0.482 e. The summed E-state index contributed by atoms with van der Waals surface area (Å²) >= 11 is 11.9. The second kappa shape index (κ2) is 9.46. The SMILES string of the molecule is CC(C)c1ccccc1OCC(=O)OCC(=O)Nc1cccc(Cl)c1Cl. The molecule has 2 rings (SSSR count). The molecule has 0 saturated heterocycles. The number of nitrogens with one attached hydrogen (secondary N) is 1. The van der Waals surface area contributed by atoms with Gasteiger partial charge in [0.2, 0.25) is 0 Å². The van der Waals surface area contributed by atoms with Crippen molar-refractivity contribution in [3.63, 3.8) is 0 Å². The third kappa shape index (κ3) is 5.64. The number of para-hydroxylation sites is 1. The molecular formula is C19H19Cl2NO4. The van der Waals surface area contributed by atoms with E-state index >= 15 is 0 Å².